The fourth-order valence-electron chi connectivity index (χ4n) is 1.54. The van der Waals surface area contributed by atoms with Crippen molar-refractivity contribution >= 4 is 6.21 Å². The predicted molar refractivity (Wildman–Crippen MR) is 79.4 cm³/mol. The van der Waals surface area contributed by atoms with Crippen LogP contribution in [0.3, 0.4) is 0 Å². The highest BCUT2D eigenvalue weighted by Crippen LogP contribution is 2.15. The molecule has 3 heteroatoms. The van der Waals surface area contributed by atoms with E-state index in [2.05, 4.69) is 9.98 Å². The molecular formula is C16H20N2O. The summed E-state index contributed by atoms with van der Waals surface area (Å²) < 4.78 is 0. The molecular weight excluding hydrogens is 236 g/mol. The lowest BCUT2D eigenvalue weighted by Gasteiger charge is -2.08. The van der Waals surface area contributed by atoms with Crippen LogP contribution in [0.4, 0.5) is 0 Å². The summed E-state index contributed by atoms with van der Waals surface area (Å²) in [6, 6.07) is 13.3. The molecule has 100 valence electrons. The van der Waals surface area contributed by atoms with Gasteiger partial charge in [0, 0.05) is 24.2 Å². The van der Waals surface area contributed by atoms with Crippen LogP contribution in [0.2, 0.25) is 0 Å². The average molecular weight is 256 g/mol. The zero-order valence-electron chi connectivity index (χ0n) is 11.4. The van der Waals surface area contributed by atoms with Crippen molar-refractivity contribution in [3.63, 3.8) is 0 Å². The van der Waals surface area contributed by atoms with Gasteiger partial charge in [0.05, 0.1) is 12.6 Å². The Labute approximate surface area is 114 Å². The molecule has 0 spiro atoms. The number of pyridine rings is 1. The quantitative estimate of drug-likeness (QED) is 0.853. The van der Waals surface area contributed by atoms with Crippen LogP contribution < -0.4 is 0 Å². The van der Waals surface area contributed by atoms with Gasteiger partial charge >= 0.3 is 0 Å². The normalized spacial score (nSPS) is 11.7. The monoisotopic (exact) mass is 256 g/mol. The maximum Gasteiger partial charge on any atom is 0.0979 e. The molecule has 1 aromatic carbocycles. The van der Waals surface area contributed by atoms with E-state index in [0.717, 1.165) is 11.1 Å². The van der Waals surface area contributed by atoms with Crippen LogP contribution in [0.5, 0.6) is 0 Å². The van der Waals surface area contributed by atoms with E-state index < -0.39 is 0 Å². The van der Waals surface area contributed by atoms with Crippen LogP contribution in [0.1, 0.15) is 31.0 Å². The second-order valence-corrected chi connectivity index (χ2v) is 3.67. The van der Waals surface area contributed by atoms with Crippen LogP contribution in [0, 0.1) is 0 Å². The molecule has 0 radical (unpaired) electrons. The molecule has 1 heterocycles. The molecule has 2 rings (SSSR count). The van der Waals surface area contributed by atoms with Gasteiger partial charge in [-0.05, 0) is 11.6 Å². The Morgan fingerprint density at radius 3 is 2.47 bits per heavy atom. The van der Waals surface area contributed by atoms with E-state index in [0.29, 0.717) is 0 Å². The number of hydrogen-bond donors (Lipinski definition) is 1. The fraction of sp³-hybridized carbons (Fsp3) is 0.250. The number of rotatable bonds is 4. The predicted octanol–water partition coefficient (Wildman–Crippen LogP) is 3.26. The van der Waals surface area contributed by atoms with Crippen molar-refractivity contribution in [2.24, 2.45) is 4.99 Å². The van der Waals surface area contributed by atoms with E-state index in [1.807, 2.05) is 56.3 Å². The highest BCUT2D eigenvalue weighted by Gasteiger charge is 2.06. The molecule has 3 nitrogen and oxygen atoms in total. The molecule has 0 aliphatic rings. The molecule has 2 aromatic rings. The van der Waals surface area contributed by atoms with E-state index in [9.17, 15) is 5.11 Å². The summed E-state index contributed by atoms with van der Waals surface area (Å²) in [4.78, 5) is 8.38. The summed E-state index contributed by atoms with van der Waals surface area (Å²) in [6.45, 7) is 4.00. The topological polar surface area (TPSA) is 45.5 Å². The molecule has 0 fully saturated rings. The second kappa shape index (κ2) is 9.00. The number of aliphatic imine (C=N–C) groups is 1. The summed E-state index contributed by atoms with van der Waals surface area (Å²) in [6.07, 6.45) is 5.20. The Morgan fingerprint density at radius 2 is 1.89 bits per heavy atom. The SMILES string of the molecule is CC.OCC(N=Cc1cccnc1)c1ccccc1. The van der Waals surface area contributed by atoms with E-state index in [4.69, 9.17) is 0 Å². The zero-order valence-corrected chi connectivity index (χ0v) is 11.4. The Bertz CT molecular complexity index is 469. The van der Waals surface area contributed by atoms with Crippen LogP contribution >= 0.6 is 0 Å². The lowest BCUT2D eigenvalue weighted by molar-refractivity contribution is 0.269. The van der Waals surface area contributed by atoms with Crippen molar-refractivity contribution < 1.29 is 5.11 Å². The van der Waals surface area contributed by atoms with Gasteiger partial charge in [-0.2, -0.15) is 0 Å². The van der Waals surface area contributed by atoms with Crippen molar-refractivity contribution in [1.29, 1.82) is 0 Å². The van der Waals surface area contributed by atoms with Gasteiger partial charge in [-0.1, -0.05) is 50.2 Å². The summed E-state index contributed by atoms with van der Waals surface area (Å²) in [5.74, 6) is 0. The molecule has 0 saturated heterocycles. The minimum atomic E-state index is -0.212. The molecule has 19 heavy (non-hydrogen) atoms. The minimum Gasteiger partial charge on any atom is -0.394 e. The van der Waals surface area contributed by atoms with Crippen molar-refractivity contribution in [3.8, 4) is 0 Å². The third-order valence-corrected chi connectivity index (χ3v) is 2.45. The molecule has 1 aromatic heterocycles. The summed E-state index contributed by atoms with van der Waals surface area (Å²) in [5.41, 5.74) is 1.94. The molecule has 1 unspecified atom stereocenters. The van der Waals surface area contributed by atoms with Crippen molar-refractivity contribution in [3.05, 3.63) is 66.0 Å². The number of benzene rings is 1. The van der Waals surface area contributed by atoms with Gasteiger partial charge in [-0.15, -0.1) is 0 Å². The van der Waals surface area contributed by atoms with Crippen LogP contribution in [0.25, 0.3) is 0 Å². The van der Waals surface area contributed by atoms with Crippen LogP contribution in [-0.2, 0) is 0 Å². The molecule has 0 aliphatic carbocycles. The first-order valence-electron chi connectivity index (χ1n) is 6.49. The van der Waals surface area contributed by atoms with Gasteiger partial charge in [0.15, 0.2) is 0 Å². The van der Waals surface area contributed by atoms with Crippen LogP contribution in [0.15, 0.2) is 59.9 Å². The van der Waals surface area contributed by atoms with Gasteiger partial charge in [0.1, 0.15) is 0 Å². The third-order valence-electron chi connectivity index (χ3n) is 2.45. The van der Waals surface area contributed by atoms with E-state index in [1.165, 1.54) is 0 Å². The number of aliphatic hydroxyl groups is 1. The Morgan fingerprint density at radius 1 is 1.16 bits per heavy atom. The first kappa shape index (κ1) is 15.1. The van der Waals surface area contributed by atoms with Crippen molar-refractivity contribution in [2.75, 3.05) is 6.61 Å². The van der Waals surface area contributed by atoms with Crippen molar-refractivity contribution in [1.82, 2.24) is 4.98 Å². The van der Waals surface area contributed by atoms with E-state index in [-0.39, 0.29) is 12.6 Å². The number of aliphatic hydroxyl groups excluding tert-OH is 1. The first-order valence-corrected chi connectivity index (χ1v) is 6.49. The summed E-state index contributed by atoms with van der Waals surface area (Å²) in [7, 11) is 0. The lowest BCUT2D eigenvalue weighted by Crippen LogP contribution is -2.01. The first-order chi connectivity index (χ1) is 9.40. The number of hydrogen-bond acceptors (Lipinski definition) is 3. The standard InChI is InChI=1S/C14H14N2O.C2H6/c17-11-14(13-6-2-1-3-7-13)16-10-12-5-4-8-15-9-12;1-2/h1-10,14,17H,11H2;1-2H3. The largest absolute Gasteiger partial charge is 0.394 e. The van der Waals surface area contributed by atoms with E-state index >= 15 is 0 Å². The summed E-state index contributed by atoms with van der Waals surface area (Å²) >= 11 is 0. The van der Waals surface area contributed by atoms with Crippen molar-refractivity contribution in [2.45, 2.75) is 19.9 Å². The number of nitrogens with zero attached hydrogens (tertiary/aromatic N) is 2. The average Bonchev–Trinajstić information content (AvgIpc) is 2.52. The van der Waals surface area contributed by atoms with Crippen LogP contribution in [-0.4, -0.2) is 22.9 Å². The molecule has 1 atom stereocenters. The molecule has 0 saturated carbocycles. The maximum absolute atomic E-state index is 9.33. The van der Waals surface area contributed by atoms with Gasteiger partial charge in [0.2, 0.25) is 0 Å². The summed E-state index contributed by atoms with van der Waals surface area (Å²) in [5, 5.41) is 9.33. The molecule has 0 aliphatic heterocycles. The fourth-order valence-corrected chi connectivity index (χ4v) is 1.54. The van der Waals surface area contributed by atoms with Gasteiger partial charge < -0.3 is 5.11 Å². The Balaban J connectivity index is 0.000000861. The van der Waals surface area contributed by atoms with E-state index in [1.54, 1.807) is 18.6 Å². The highest BCUT2D eigenvalue weighted by molar-refractivity contribution is 5.79. The Hall–Kier alpha value is -2.00. The van der Waals surface area contributed by atoms with Gasteiger partial charge in [-0.3, -0.25) is 9.98 Å². The second-order valence-electron chi connectivity index (χ2n) is 3.67. The zero-order chi connectivity index (χ0) is 13.9. The van der Waals surface area contributed by atoms with Gasteiger partial charge in [-0.25, -0.2) is 0 Å². The van der Waals surface area contributed by atoms with Gasteiger partial charge in [0.25, 0.3) is 0 Å². The lowest BCUT2D eigenvalue weighted by atomic mass is 10.1. The highest BCUT2D eigenvalue weighted by atomic mass is 16.3. The third kappa shape index (κ3) is 5.02. The number of aromatic nitrogens is 1. The maximum atomic E-state index is 9.33. The molecule has 0 bridgehead atoms. The molecule has 0 amide bonds. The smallest absolute Gasteiger partial charge is 0.0979 e. The minimum absolute atomic E-state index is 0.000769. The molecule has 1 N–H and O–H groups in total. The Kier molecular flexibility index (Phi) is 7.13.